The highest BCUT2D eigenvalue weighted by Gasteiger charge is 1.98. The fourth-order valence-electron chi connectivity index (χ4n) is 1.22. The van der Waals surface area contributed by atoms with Gasteiger partial charge in [-0.2, -0.15) is 5.26 Å². The van der Waals surface area contributed by atoms with Crippen LogP contribution in [0.15, 0.2) is 18.2 Å². The Morgan fingerprint density at radius 2 is 2.29 bits per heavy atom. The number of nitrogens with zero attached hydrogens (tertiary/aromatic N) is 1. The zero-order chi connectivity index (χ0) is 10.4. The fraction of sp³-hybridized carbons (Fsp3) is 0.364. The predicted molar refractivity (Wildman–Crippen MR) is 53.1 cm³/mol. The Bertz CT molecular complexity index is 342. The maximum absolute atomic E-state index is 12.7. The molecule has 74 valence electrons. The molecule has 0 heterocycles. The largest absolute Gasteiger partial charge is 0.312 e. The molecule has 1 aromatic rings. The van der Waals surface area contributed by atoms with E-state index in [9.17, 15) is 4.39 Å². The standard InChI is InChI=1S/C11H13FN2/c1-9-7-11(12)4-3-10(9)8-14-6-2-5-13/h3-4,7,14H,2,6,8H2,1H3. The third kappa shape index (κ3) is 3.15. The van der Waals surface area contributed by atoms with Crippen molar-refractivity contribution in [1.82, 2.24) is 5.32 Å². The van der Waals surface area contributed by atoms with Gasteiger partial charge in [0.1, 0.15) is 5.82 Å². The van der Waals surface area contributed by atoms with Gasteiger partial charge in [0.2, 0.25) is 0 Å². The van der Waals surface area contributed by atoms with Crippen LogP contribution in [0, 0.1) is 24.1 Å². The maximum Gasteiger partial charge on any atom is 0.123 e. The highest BCUT2D eigenvalue weighted by atomic mass is 19.1. The van der Waals surface area contributed by atoms with Crippen LogP contribution in [0.25, 0.3) is 0 Å². The lowest BCUT2D eigenvalue weighted by atomic mass is 10.1. The van der Waals surface area contributed by atoms with E-state index in [1.54, 1.807) is 6.07 Å². The molecule has 0 atom stereocenters. The highest BCUT2D eigenvalue weighted by Crippen LogP contribution is 2.09. The zero-order valence-electron chi connectivity index (χ0n) is 8.18. The molecule has 0 aliphatic heterocycles. The summed E-state index contributed by atoms with van der Waals surface area (Å²) in [5, 5.41) is 11.4. The molecule has 0 aliphatic rings. The Morgan fingerprint density at radius 1 is 1.50 bits per heavy atom. The van der Waals surface area contributed by atoms with Crippen LogP contribution in [-0.4, -0.2) is 6.54 Å². The molecule has 0 radical (unpaired) electrons. The van der Waals surface area contributed by atoms with Gasteiger partial charge in [-0.15, -0.1) is 0 Å². The molecule has 0 saturated carbocycles. The Morgan fingerprint density at radius 3 is 2.93 bits per heavy atom. The molecule has 2 nitrogen and oxygen atoms in total. The average molecular weight is 192 g/mol. The van der Waals surface area contributed by atoms with Gasteiger partial charge in [-0.3, -0.25) is 0 Å². The SMILES string of the molecule is Cc1cc(F)ccc1CNCCC#N. The van der Waals surface area contributed by atoms with E-state index < -0.39 is 0 Å². The highest BCUT2D eigenvalue weighted by molar-refractivity contribution is 5.26. The summed E-state index contributed by atoms with van der Waals surface area (Å²) in [6, 6.07) is 6.79. The Balaban J connectivity index is 2.47. The molecule has 1 aromatic carbocycles. The van der Waals surface area contributed by atoms with Crippen LogP contribution in [0.3, 0.4) is 0 Å². The minimum Gasteiger partial charge on any atom is -0.312 e. The third-order valence-electron chi connectivity index (χ3n) is 2.03. The summed E-state index contributed by atoms with van der Waals surface area (Å²) in [6.07, 6.45) is 0.500. The second-order valence-corrected chi connectivity index (χ2v) is 3.16. The first kappa shape index (κ1) is 10.7. The summed E-state index contributed by atoms with van der Waals surface area (Å²) < 4.78 is 12.7. The smallest absolute Gasteiger partial charge is 0.123 e. The minimum atomic E-state index is -0.205. The molecule has 3 heteroatoms. The van der Waals surface area contributed by atoms with Gasteiger partial charge in [-0.1, -0.05) is 6.07 Å². The number of nitriles is 1. The molecule has 0 spiro atoms. The van der Waals surface area contributed by atoms with Gasteiger partial charge in [0.25, 0.3) is 0 Å². The number of aryl methyl sites for hydroxylation is 1. The zero-order valence-corrected chi connectivity index (χ0v) is 8.18. The van der Waals surface area contributed by atoms with E-state index in [4.69, 9.17) is 5.26 Å². The molecule has 0 fully saturated rings. The van der Waals surface area contributed by atoms with Gasteiger partial charge >= 0.3 is 0 Å². The van der Waals surface area contributed by atoms with Crippen molar-refractivity contribution in [3.63, 3.8) is 0 Å². The Kier molecular flexibility index (Phi) is 4.09. The van der Waals surface area contributed by atoms with Crippen LogP contribution in [0.5, 0.6) is 0 Å². The molecule has 1 N–H and O–H groups in total. The van der Waals surface area contributed by atoms with Crippen molar-refractivity contribution in [2.75, 3.05) is 6.54 Å². The van der Waals surface area contributed by atoms with Crippen LogP contribution < -0.4 is 5.32 Å². The van der Waals surface area contributed by atoms with Crippen LogP contribution in [0.4, 0.5) is 4.39 Å². The number of hydrogen-bond acceptors (Lipinski definition) is 2. The summed E-state index contributed by atoms with van der Waals surface area (Å²) in [4.78, 5) is 0. The Hall–Kier alpha value is -1.40. The van der Waals surface area contributed by atoms with Crippen molar-refractivity contribution in [3.8, 4) is 6.07 Å². The van der Waals surface area contributed by atoms with E-state index in [1.165, 1.54) is 12.1 Å². The molecular weight excluding hydrogens is 179 g/mol. The van der Waals surface area contributed by atoms with E-state index in [1.807, 2.05) is 6.92 Å². The molecule has 1 rings (SSSR count). The lowest BCUT2D eigenvalue weighted by Gasteiger charge is -2.06. The Labute approximate surface area is 83.4 Å². The van der Waals surface area contributed by atoms with Gasteiger partial charge in [-0.05, 0) is 30.2 Å². The topological polar surface area (TPSA) is 35.8 Å². The molecule has 0 unspecified atom stereocenters. The monoisotopic (exact) mass is 192 g/mol. The molecule has 0 bridgehead atoms. The van der Waals surface area contributed by atoms with Gasteiger partial charge in [0.15, 0.2) is 0 Å². The minimum absolute atomic E-state index is 0.205. The molecular formula is C11H13FN2. The predicted octanol–water partition coefficient (Wildman–Crippen LogP) is 2.14. The molecule has 14 heavy (non-hydrogen) atoms. The van der Waals surface area contributed by atoms with Gasteiger partial charge in [-0.25, -0.2) is 4.39 Å². The average Bonchev–Trinajstić information content (AvgIpc) is 2.15. The second-order valence-electron chi connectivity index (χ2n) is 3.16. The lowest BCUT2D eigenvalue weighted by Crippen LogP contribution is -2.14. The summed E-state index contributed by atoms with van der Waals surface area (Å²) >= 11 is 0. The van der Waals surface area contributed by atoms with E-state index in [0.29, 0.717) is 19.5 Å². The number of nitrogens with one attached hydrogen (secondary N) is 1. The van der Waals surface area contributed by atoms with Crippen molar-refractivity contribution in [1.29, 1.82) is 5.26 Å². The van der Waals surface area contributed by atoms with Crippen molar-refractivity contribution in [2.24, 2.45) is 0 Å². The molecule has 0 amide bonds. The van der Waals surface area contributed by atoms with E-state index in [2.05, 4.69) is 11.4 Å². The summed E-state index contributed by atoms with van der Waals surface area (Å²) in [6.45, 7) is 3.24. The summed E-state index contributed by atoms with van der Waals surface area (Å²) in [5.74, 6) is -0.205. The number of rotatable bonds is 4. The van der Waals surface area contributed by atoms with Crippen molar-refractivity contribution >= 4 is 0 Å². The van der Waals surface area contributed by atoms with E-state index in [-0.39, 0.29) is 5.82 Å². The third-order valence-corrected chi connectivity index (χ3v) is 2.03. The van der Waals surface area contributed by atoms with Gasteiger partial charge in [0.05, 0.1) is 6.07 Å². The lowest BCUT2D eigenvalue weighted by molar-refractivity contribution is 0.623. The van der Waals surface area contributed by atoms with Crippen LogP contribution in [0.2, 0.25) is 0 Å². The molecule has 0 saturated heterocycles. The summed E-state index contributed by atoms with van der Waals surface area (Å²) in [7, 11) is 0. The fourth-order valence-corrected chi connectivity index (χ4v) is 1.22. The van der Waals surface area contributed by atoms with Crippen LogP contribution >= 0.6 is 0 Å². The molecule has 0 aromatic heterocycles. The van der Waals surface area contributed by atoms with Crippen molar-refractivity contribution in [2.45, 2.75) is 19.9 Å². The van der Waals surface area contributed by atoms with E-state index in [0.717, 1.165) is 11.1 Å². The quantitative estimate of drug-likeness (QED) is 0.742. The summed E-state index contributed by atoms with van der Waals surface area (Å²) in [5.41, 5.74) is 2.01. The number of hydrogen-bond donors (Lipinski definition) is 1. The molecule has 0 aliphatic carbocycles. The van der Waals surface area contributed by atoms with Gasteiger partial charge in [0, 0.05) is 19.5 Å². The first-order valence-corrected chi connectivity index (χ1v) is 4.56. The second kappa shape index (κ2) is 5.36. The van der Waals surface area contributed by atoms with E-state index >= 15 is 0 Å². The van der Waals surface area contributed by atoms with Crippen molar-refractivity contribution < 1.29 is 4.39 Å². The number of benzene rings is 1. The first-order chi connectivity index (χ1) is 6.74. The van der Waals surface area contributed by atoms with Crippen molar-refractivity contribution in [3.05, 3.63) is 35.1 Å². The van der Waals surface area contributed by atoms with Crippen LogP contribution in [-0.2, 0) is 6.54 Å². The van der Waals surface area contributed by atoms with Gasteiger partial charge < -0.3 is 5.32 Å². The van der Waals surface area contributed by atoms with Crippen LogP contribution in [0.1, 0.15) is 17.5 Å². The normalized spacial score (nSPS) is 9.79. The first-order valence-electron chi connectivity index (χ1n) is 4.56. The number of halogens is 1. The maximum atomic E-state index is 12.7.